The summed E-state index contributed by atoms with van der Waals surface area (Å²) in [5.41, 5.74) is 2.03. The smallest absolute Gasteiger partial charge is 0.157 e. The van der Waals surface area contributed by atoms with E-state index in [2.05, 4.69) is 40.2 Å². The number of nitrogens with one attached hydrogen (secondary N) is 1. The van der Waals surface area contributed by atoms with E-state index in [9.17, 15) is 0 Å². The molecule has 20 heavy (non-hydrogen) atoms. The molecule has 1 atom stereocenters. The van der Waals surface area contributed by atoms with Crippen LogP contribution in [-0.4, -0.2) is 45.2 Å². The van der Waals surface area contributed by atoms with Crippen LogP contribution >= 0.6 is 0 Å². The van der Waals surface area contributed by atoms with E-state index in [1.165, 1.54) is 19.4 Å². The quantitative estimate of drug-likeness (QED) is 0.907. The highest BCUT2D eigenvalue weighted by Crippen LogP contribution is 2.18. The number of aryl methyl sites for hydroxylation is 1. The third-order valence-corrected chi connectivity index (χ3v) is 4.20. The summed E-state index contributed by atoms with van der Waals surface area (Å²) in [5.74, 6) is 1.06. The maximum Gasteiger partial charge on any atom is 0.157 e. The number of likely N-dealkylation sites (tertiary alicyclic amines) is 1. The van der Waals surface area contributed by atoms with Gasteiger partial charge in [-0.05, 0) is 32.4 Å². The predicted octanol–water partition coefficient (Wildman–Crippen LogP) is 2.19. The maximum atomic E-state index is 4.58. The summed E-state index contributed by atoms with van der Waals surface area (Å²) in [6, 6.07) is 4.72. The molecule has 3 rings (SSSR count). The van der Waals surface area contributed by atoms with Gasteiger partial charge in [-0.15, -0.1) is 0 Å². The van der Waals surface area contributed by atoms with Crippen molar-refractivity contribution >= 4 is 11.5 Å². The summed E-state index contributed by atoms with van der Waals surface area (Å²) in [6.45, 7) is 7.73. The van der Waals surface area contributed by atoms with Crippen molar-refractivity contribution in [3.05, 3.63) is 24.0 Å². The molecule has 1 fully saturated rings. The number of likely N-dealkylation sites (N-methyl/N-ethyl adjacent to an activating group) is 1. The molecule has 0 bridgehead atoms. The van der Waals surface area contributed by atoms with E-state index in [4.69, 9.17) is 0 Å². The average molecular weight is 273 g/mol. The molecular weight excluding hydrogens is 250 g/mol. The molecule has 5 nitrogen and oxygen atoms in total. The van der Waals surface area contributed by atoms with Crippen molar-refractivity contribution in [1.82, 2.24) is 19.5 Å². The van der Waals surface area contributed by atoms with Gasteiger partial charge in [0.15, 0.2) is 5.65 Å². The van der Waals surface area contributed by atoms with E-state index in [-0.39, 0.29) is 0 Å². The second-order valence-corrected chi connectivity index (χ2v) is 5.39. The maximum absolute atomic E-state index is 4.58. The van der Waals surface area contributed by atoms with Gasteiger partial charge < -0.3 is 5.32 Å². The average Bonchev–Trinajstić information content (AvgIpc) is 3.12. The molecule has 1 N–H and O–H groups in total. The minimum atomic E-state index is 0.642. The van der Waals surface area contributed by atoms with Crippen molar-refractivity contribution < 1.29 is 0 Å². The minimum Gasteiger partial charge on any atom is -0.368 e. The highest BCUT2D eigenvalue weighted by Gasteiger charge is 2.22. The van der Waals surface area contributed by atoms with E-state index < -0.39 is 0 Å². The van der Waals surface area contributed by atoms with Gasteiger partial charge in [0.05, 0.1) is 6.20 Å². The first-order valence-electron chi connectivity index (χ1n) is 7.63. The Balaban J connectivity index is 1.78. The highest BCUT2D eigenvalue weighted by molar-refractivity contribution is 5.49. The van der Waals surface area contributed by atoms with Gasteiger partial charge >= 0.3 is 0 Å². The highest BCUT2D eigenvalue weighted by atomic mass is 15.3. The SMILES string of the molecule is CCc1cc(NCC2CCCN2CC)n2nccc2n1. The summed E-state index contributed by atoms with van der Waals surface area (Å²) in [4.78, 5) is 7.13. The lowest BCUT2D eigenvalue weighted by atomic mass is 10.2. The minimum absolute atomic E-state index is 0.642. The molecule has 0 radical (unpaired) electrons. The summed E-state index contributed by atoms with van der Waals surface area (Å²) in [5, 5.41) is 7.93. The van der Waals surface area contributed by atoms with Gasteiger partial charge in [0, 0.05) is 30.4 Å². The lowest BCUT2D eigenvalue weighted by molar-refractivity contribution is 0.277. The molecule has 1 aliphatic rings. The Morgan fingerprint density at radius 1 is 1.40 bits per heavy atom. The summed E-state index contributed by atoms with van der Waals surface area (Å²) in [6.07, 6.45) is 5.35. The van der Waals surface area contributed by atoms with Crippen LogP contribution in [0, 0.1) is 0 Å². The Hall–Kier alpha value is -1.62. The largest absolute Gasteiger partial charge is 0.368 e. The number of hydrogen-bond donors (Lipinski definition) is 1. The first kappa shape index (κ1) is 13.4. The van der Waals surface area contributed by atoms with Crippen molar-refractivity contribution in [2.45, 2.75) is 39.2 Å². The van der Waals surface area contributed by atoms with Gasteiger partial charge in [-0.2, -0.15) is 9.61 Å². The fourth-order valence-electron chi connectivity index (χ4n) is 3.04. The molecule has 0 saturated carbocycles. The molecule has 108 valence electrons. The third-order valence-electron chi connectivity index (χ3n) is 4.20. The van der Waals surface area contributed by atoms with Crippen molar-refractivity contribution in [3.63, 3.8) is 0 Å². The standard InChI is InChI=1S/C15H23N5/c1-3-12-10-15(20-14(18-12)7-8-17-20)16-11-13-6-5-9-19(13)4-2/h7-8,10,13,16H,3-6,9,11H2,1-2H3. The number of fused-ring (bicyclic) bond motifs is 1. The molecule has 2 aromatic rings. The molecule has 0 aliphatic carbocycles. The number of nitrogens with zero attached hydrogens (tertiary/aromatic N) is 4. The molecule has 2 aromatic heterocycles. The lowest BCUT2D eigenvalue weighted by Crippen LogP contribution is -2.35. The molecule has 0 spiro atoms. The van der Waals surface area contributed by atoms with Crippen LogP contribution in [0.5, 0.6) is 0 Å². The lowest BCUT2D eigenvalue weighted by Gasteiger charge is -2.23. The zero-order valence-corrected chi connectivity index (χ0v) is 12.3. The zero-order chi connectivity index (χ0) is 13.9. The van der Waals surface area contributed by atoms with Crippen molar-refractivity contribution in [1.29, 1.82) is 0 Å². The summed E-state index contributed by atoms with van der Waals surface area (Å²) < 4.78 is 1.89. The van der Waals surface area contributed by atoms with Crippen LogP contribution in [0.4, 0.5) is 5.82 Å². The monoisotopic (exact) mass is 273 g/mol. The Kier molecular flexibility index (Phi) is 3.87. The van der Waals surface area contributed by atoms with Crippen molar-refractivity contribution in [3.8, 4) is 0 Å². The van der Waals surface area contributed by atoms with E-state index in [1.54, 1.807) is 6.20 Å². The normalized spacial score (nSPS) is 19.8. The summed E-state index contributed by atoms with van der Waals surface area (Å²) >= 11 is 0. The Labute approximate surface area is 120 Å². The number of hydrogen-bond acceptors (Lipinski definition) is 4. The first-order chi connectivity index (χ1) is 9.81. The van der Waals surface area contributed by atoms with Crippen LogP contribution in [0.2, 0.25) is 0 Å². The van der Waals surface area contributed by atoms with Crippen LogP contribution < -0.4 is 5.32 Å². The van der Waals surface area contributed by atoms with Crippen LogP contribution in [0.25, 0.3) is 5.65 Å². The number of rotatable bonds is 5. The predicted molar refractivity (Wildman–Crippen MR) is 81.1 cm³/mol. The molecule has 1 unspecified atom stereocenters. The zero-order valence-electron chi connectivity index (χ0n) is 12.3. The second-order valence-electron chi connectivity index (χ2n) is 5.39. The van der Waals surface area contributed by atoms with E-state index >= 15 is 0 Å². The van der Waals surface area contributed by atoms with Crippen LogP contribution in [0.15, 0.2) is 18.3 Å². The molecular formula is C15H23N5. The molecule has 5 heteroatoms. The van der Waals surface area contributed by atoms with Gasteiger partial charge in [0.1, 0.15) is 5.82 Å². The van der Waals surface area contributed by atoms with Crippen LogP contribution in [0.1, 0.15) is 32.4 Å². The van der Waals surface area contributed by atoms with Crippen LogP contribution in [0.3, 0.4) is 0 Å². The molecule has 0 amide bonds. The van der Waals surface area contributed by atoms with Gasteiger partial charge in [-0.1, -0.05) is 13.8 Å². The topological polar surface area (TPSA) is 45.5 Å². The van der Waals surface area contributed by atoms with Crippen molar-refractivity contribution in [2.75, 3.05) is 25.0 Å². The van der Waals surface area contributed by atoms with Gasteiger partial charge in [0.25, 0.3) is 0 Å². The Bertz CT molecular complexity index is 577. The number of anilines is 1. The van der Waals surface area contributed by atoms with Crippen molar-refractivity contribution in [2.24, 2.45) is 0 Å². The van der Waals surface area contributed by atoms with E-state index in [0.29, 0.717) is 6.04 Å². The molecule has 1 aliphatic heterocycles. The Morgan fingerprint density at radius 2 is 2.30 bits per heavy atom. The van der Waals surface area contributed by atoms with Crippen LogP contribution in [-0.2, 0) is 6.42 Å². The fraction of sp³-hybridized carbons (Fsp3) is 0.600. The van der Waals surface area contributed by atoms with E-state index in [1.807, 2.05) is 10.6 Å². The Morgan fingerprint density at radius 3 is 3.10 bits per heavy atom. The van der Waals surface area contributed by atoms with Gasteiger partial charge in [-0.25, -0.2) is 4.98 Å². The molecule has 0 aromatic carbocycles. The molecule has 1 saturated heterocycles. The van der Waals surface area contributed by atoms with Gasteiger partial charge in [-0.3, -0.25) is 4.90 Å². The summed E-state index contributed by atoms with van der Waals surface area (Å²) in [7, 11) is 0. The number of aromatic nitrogens is 3. The van der Waals surface area contributed by atoms with E-state index in [0.717, 1.165) is 36.7 Å². The van der Waals surface area contributed by atoms with Gasteiger partial charge in [0.2, 0.25) is 0 Å². The fourth-order valence-corrected chi connectivity index (χ4v) is 3.04. The second kappa shape index (κ2) is 5.79. The first-order valence-corrected chi connectivity index (χ1v) is 7.63. The third kappa shape index (κ3) is 2.50. The molecule has 3 heterocycles.